The van der Waals surface area contributed by atoms with Crippen LogP contribution in [0.1, 0.15) is 86.0 Å². The molecule has 3 atom stereocenters. The summed E-state index contributed by atoms with van der Waals surface area (Å²) in [6.45, 7) is 4.58. The minimum Gasteiger partial charge on any atom is -0.481 e. The average molecular weight is 649 g/mol. The van der Waals surface area contributed by atoms with Gasteiger partial charge < -0.3 is 15.3 Å². The summed E-state index contributed by atoms with van der Waals surface area (Å²) < 4.78 is 150. The van der Waals surface area contributed by atoms with E-state index in [1.54, 1.807) is 6.92 Å². The van der Waals surface area contributed by atoms with E-state index >= 15 is 0 Å². The molecule has 0 aliphatic carbocycles. The molecule has 0 heterocycles. The minimum absolute atomic E-state index is 0.221. The first-order valence-corrected chi connectivity index (χ1v) is 12.4. The van der Waals surface area contributed by atoms with Crippen molar-refractivity contribution in [1.29, 1.82) is 0 Å². The molecule has 0 aromatic carbocycles. The van der Waals surface area contributed by atoms with Gasteiger partial charge in [-0.25, -0.2) is 44.3 Å². The minimum atomic E-state index is -4.61. The Labute approximate surface area is 234 Å². The number of rotatable bonds is 15. The molecule has 42 heavy (non-hydrogen) atoms. The largest absolute Gasteiger partial charge is 0.481 e. The van der Waals surface area contributed by atoms with Crippen molar-refractivity contribution in [1.82, 2.24) is 0 Å². The molecule has 0 spiro atoms. The molecule has 3 N–H and O–H groups in total. The standard InChI is InChI=1S/C8H11F5O2.C8H12F4O2.C8H13F3O2/c1-2-7(9,10)5(6(14)15)3-4-8(11,12)13;1-3-8(11,12)5(6(13)14)4-7(2,9)10;1-3-4-8(11,6(12)13)5-7(2,9)10/h5H,2-4H2,1H3,(H,14,15);5H,3-4H2,1-2H3,(H,13,14);3-5H2,1-2H3,(H,12,13)/t;;8-/m..0/s1. The molecule has 18 heteroatoms. The second-order valence-corrected chi connectivity index (χ2v) is 9.71. The lowest BCUT2D eigenvalue weighted by Gasteiger charge is -2.24. The van der Waals surface area contributed by atoms with Crippen molar-refractivity contribution in [3.63, 3.8) is 0 Å². The van der Waals surface area contributed by atoms with Crippen LogP contribution in [0.15, 0.2) is 0 Å². The number of alkyl halides is 12. The van der Waals surface area contributed by atoms with E-state index in [0.29, 0.717) is 13.8 Å². The van der Waals surface area contributed by atoms with Crippen LogP contribution in [-0.2, 0) is 14.4 Å². The Balaban J connectivity index is -0.000000545. The molecule has 0 aromatic heterocycles. The monoisotopic (exact) mass is 648 g/mol. The van der Waals surface area contributed by atoms with E-state index in [1.807, 2.05) is 0 Å². The third kappa shape index (κ3) is 19.6. The topological polar surface area (TPSA) is 112 Å². The van der Waals surface area contributed by atoms with Gasteiger partial charge in [-0.1, -0.05) is 27.2 Å². The van der Waals surface area contributed by atoms with Crippen LogP contribution >= 0.6 is 0 Å². The molecule has 0 radical (unpaired) electrons. The van der Waals surface area contributed by atoms with Crippen LogP contribution in [0.5, 0.6) is 0 Å². The first kappa shape index (κ1) is 44.0. The molecule has 0 bridgehead atoms. The molecule has 6 nitrogen and oxygen atoms in total. The van der Waals surface area contributed by atoms with Gasteiger partial charge in [0.25, 0.3) is 11.8 Å². The summed E-state index contributed by atoms with van der Waals surface area (Å²) in [6, 6.07) is 0. The van der Waals surface area contributed by atoms with Gasteiger partial charge in [-0.05, 0) is 26.7 Å². The SMILES string of the molecule is CCC(F)(F)C(CC(C)(F)F)C(=O)O.CCC(F)(F)C(CCC(F)(F)F)C(=O)O.CCC[C@](F)(CC(C)(F)F)C(=O)O. The second kappa shape index (κ2) is 17.0. The number of aliphatic carboxylic acids is 3. The second-order valence-electron chi connectivity index (χ2n) is 9.71. The zero-order chi connectivity index (χ0) is 34.5. The molecular weight excluding hydrogens is 612 g/mol. The summed E-state index contributed by atoms with van der Waals surface area (Å²) >= 11 is 0. The van der Waals surface area contributed by atoms with E-state index in [2.05, 4.69) is 0 Å². The van der Waals surface area contributed by atoms with Crippen LogP contribution in [0.3, 0.4) is 0 Å². The lowest BCUT2D eigenvalue weighted by Crippen LogP contribution is -2.38. The van der Waals surface area contributed by atoms with Gasteiger partial charge in [0.2, 0.25) is 17.5 Å². The van der Waals surface area contributed by atoms with Gasteiger partial charge in [0.1, 0.15) is 11.8 Å². The smallest absolute Gasteiger partial charge is 0.389 e. The quantitative estimate of drug-likeness (QED) is 0.154. The van der Waals surface area contributed by atoms with E-state index < -0.39 is 104 Å². The number of carboxylic acids is 3. The maximum absolute atomic E-state index is 13.3. The molecule has 0 fully saturated rings. The number of carbonyl (C=O) groups is 3. The molecule has 0 aliphatic rings. The van der Waals surface area contributed by atoms with Gasteiger partial charge in [0.05, 0.1) is 6.42 Å². The van der Waals surface area contributed by atoms with Crippen molar-refractivity contribution in [3.8, 4) is 0 Å². The summed E-state index contributed by atoms with van der Waals surface area (Å²) in [4.78, 5) is 31.1. The van der Waals surface area contributed by atoms with Crippen molar-refractivity contribution >= 4 is 17.9 Å². The van der Waals surface area contributed by atoms with Crippen LogP contribution in [0, 0.1) is 11.8 Å². The fraction of sp³-hybridized carbons (Fsp3) is 0.875. The van der Waals surface area contributed by atoms with Crippen molar-refractivity contribution in [2.24, 2.45) is 11.8 Å². The fourth-order valence-corrected chi connectivity index (χ4v) is 3.25. The first-order chi connectivity index (χ1) is 18.4. The van der Waals surface area contributed by atoms with Gasteiger partial charge in [0.15, 0.2) is 0 Å². The molecule has 0 saturated carbocycles. The third-order valence-corrected chi connectivity index (χ3v) is 5.46. The van der Waals surface area contributed by atoms with Crippen molar-refractivity contribution in [2.45, 2.75) is 122 Å². The summed E-state index contributed by atoms with van der Waals surface area (Å²) in [7, 11) is 0. The van der Waals surface area contributed by atoms with Gasteiger partial charge in [0, 0.05) is 25.7 Å². The number of carboxylic acid groups (broad SMARTS) is 3. The molecule has 252 valence electrons. The first-order valence-electron chi connectivity index (χ1n) is 12.4. The lowest BCUT2D eigenvalue weighted by atomic mass is 9.93. The Morgan fingerprint density at radius 1 is 0.619 bits per heavy atom. The predicted octanol–water partition coefficient (Wildman–Crippen LogP) is 8.48. The van der Waals surface area contributed by atoms with Gasteiger partial charge in [-0.2, -0.15) is 13.2 Å². The Kier molecular flexibility index (Phi) is 17.8. The molecule has 0 rings (SSSR count). The van der Waals surface area contributed by atoms with Crippen LogP contribution < -0.4 is 0 Å². The molecule has 2 unspecified atom stereocenters. The van der Waals surface area contributed by atoms with Crippen LogP contribution in [0.4, 0.5) is 52.7 Å². The summed E-state index contributed by atoms with van der Waals surface area (Å²) in [5.41, 5.74) is -2.80. The number of hydrogen-bond donors (Lipinski definition) is 3. The third-order valence-electron chi connectivity index (χ3n) is 5.46. The Bertz CT molecular complexity index is 837. The maximum atomic E-state index is 13.3. The van der Waals surface area contributed by atoms with Gasteiger partial charge in [-0.15, -0.1) is 0 Å². The highest BCUT2D eigenvalue weighted by Crippen LogP contribution is 2.37. The van der Waals surface area contributed by atoms with Crippen molar-refractivity contribution in [2.75, 3.05) is 0 Å². The zero-order valence-electron chi connectivity index (χ0n) is 23.4. The number of hydrogen-bond acceptors (Lipinski definition) is 3. The van der Waals surface area contributed by atoms with Crippen LogP contribution in [-0.4, -0.2) is 68.8 Å². The highest BCUT2D eigenvalue weighted by Gasteiger charge is 2.48. The lowest BCUT2D eigenvalue weighted by molar-refractivity contribution is -0.168. The maximum Gasteiger partial charge on any atom is 0.389 e. The normalized spacial score (nSPS) is 15.6. The fourth-order valence-electron chi connectivity index (χ4n) is 3.25. The predicted molar refractivity (Wildman–Crippen MR) is 125 cm³/mol. The Hall–Kier alpha value is -2.43. The Morgan fingerprint density at radius 3 is 1.24 bits per heavy atom. The van der Waals surface area contributed by atoms with E-state index in [1.165, 1.54) is 0 Å². The molecule has 0 amide bonds. The molecular formula is C24H36F12O6. The van der Waals surface area contributed by atoms with E-state index in [9.17, 15) is 67.1 Å². The van der Waals surface area contributed by atoms with E-state index in [0.717, 1.165) is 13.8 Å². The van der Waals surface area contributed by atoms with E-state index in [-0.39, 0.29) is 12.8 Å². The van der Waals surface area contributed by atoms with Gasteiger partial charge >= 0.3 is 24.1 Å². The van der Waals surface area contributed by atoms with Crippen molar-refractivity contribution in [3.05, 3.63) is 0 Å². The van der Waals surface area contributed by atoms with Crippen LogP contribution in [0.25, 0.3) is 0 Å². The zero-order valence-corrected chi connectivity index (χ0v) is 23.4. The summed E-state index contributed by atoms with van der Waals surface area (Å²) in [6.07, 6.45) is -11.5. The molecule has 0 saturated heterocycles. The van der Waals surface area contributed by atoms with E-state index in [4.69, 9.17) is 15.3 Å². The van der Waals surface area contributed by atoms with Gasteiger partial charge in [-0.3, -0.25) is 9.59 Å². The summed E-state index contributed by atoms with van der Waals surface area (Å²) in [5.74, 6) is -24.1. The highest BCUT2D eigenvalue weighted by molar-refractivity contribution is 5.77. The Morgan fingerprint density at radius 2 is 1.00 bits per heavy atom. The molecule has 0 aliphatic heterocycles. The summed E-state index contributed by atoms with van der Waals surface area (Å²) in [5, 5.41) is 25.2. The number of halogens is 12. The molecule has 0 aromatic rings. The average Bonchev–Trinajstić information content (AvgIpc) is 2.75. The highest BCUT2D eigenvalue weighted by atomic mass is 19.4. The van der Waals surface area contributed by atoms with Crippen molar-refractivity contribution < 1.29 is 82.4 Å². The van der Waals surface area contributed by atoms with Crippen LogP contribution in [0.2, 0.25) is 0 Å².